The third-order valence-electron chi connectivity index (χ3n) is 16.3. The van der Waals surface area contributed by atoms with Crippen LogP contribution < -0.4 is 0 Å². The maximum absolute atomic E-state index is 12.9. The van der Waals surface area contributed by atoms with Crippen molar-refractivity contribution < 1.29 is 33.6 Å². The molecule has 8 rings (SSSR count). The Kier molecular flexibility index (Phi) is 7.72. The molecule has 2 spiro atoms. The first-order valence-corrected chi connectivity index (χ1v) is 19.4. The predicted molar refractivity (Wildman–Crippen MR) is 176 cm³/mol. The smallest absolute Gasteiger partial charge is 0.427 e. The second-order valence-corrected chi connectivity index (χ2v) is 18.8. The Morgan fingerprint density at radius 3 is 2.49 bits per heavy atom. The molecule has 6 saturated carbocycles. The van der Waals surface area contributed by atoms with Crippen molar-refractivity contribution in [2.24, 2.45) is 57.2 Å². The summed E-state index contributed by atoms with van der Waals surface area (Å²) in [5.41, 5.74) is 0.399. The molecular formula is C39H61NO7. The molecule has 2 saturated heterocycles. The molecule has 264 valence electrons. The van der Waals surface area contributed by atoms with Gasteiger partial charge in [-0.05, 0) is 148 Å². The fraction of sp³-hybridized carbons (Fsp3) is 0.949. The molecule has 0 aromatic rings. The van der Waals surface area contributed by atoms with Crippen LogP contribution in [0.25, 0.3) is 0 Å². The van der Waals surface area contributed by atoms with Crippen molar-refractivity contribution in [1.29, 1.82) is 0 Å². The van der Waals surface area contributed by atoms with E-state index in [0.29, 0.717) is 72.5 Å². The summed E-state index contributed by atoms with van der Waals surface area (Å²) in [7, 11) is 0. The quantitative estimate of drug-likeness (QED) is 0.279. The van der Waals surface area contributed by atoms with Crippen LogP contribution >= 0.6 is 0 Å². The molecule has 8 heteroatoms. The van der Waals surface area contributed by atoms with E-state index in [0.717, 1.165) is 32.1 Å². The second-order valence-electron chi connectivity index (χ2n) is 18.8. The van der Waals surface area contributed by atoms with E-state index in [4.69, 9.17) is 18.9 Å². The van der Waals surface area contributed by atoms with E-state index in [2.05, 4.69) is 27.7 Å². The third-order valence-corrected chi connectivity index (χ3v) is 16.3. The molecule has 47 heavy (non-hydrogen) atoms. The van der Waals surface area contributed by atoms with E-state index >= 15 is 0 Å². The second kappa shape index (κ2) is 11.1. The highest BCUT2D eigenvalue weighted by Crippen LogP contribution is 2.89. The molecule has 4 unspecified atom stereocenters. The van der Waals surface area contributed by atoms with Gasteiger partial charge in [-0.3, -0.25) is 4.79 Å². The Balaban J connectivity index is 0.937. The summed E-state index contributed by atoms with van der Waals surface area (Å²) in [5.74, 6) is 3.80. The highest BCUT2D eigenvalue weighted by Gasteiger charge is 2.84. The van der Waals surface area contributed by atoms with Crippen LogP contribution in [0.5, 0.6) is 0 Å². The summed E-state index contributed by atoms with van der Waals surface area (Å²) >= 11 is 0. The number of aliphatic hydroxyl groups is 1. The first-order chi connectivity index (χ1) is 22.2. The number of fused-ring (bicyclic) bond motifs is 2. The first-order valence-electron chi connectivity index (χ1n) is 19.4. The molecular weight excluding hydrogens is 594 g/mol. The van der Waals surface area contributed by atoms with Crippen molar-refractivity contribution >= 4 is 12.1 Å². The Morgan fingerprint density at radius 1 is 0.979 bits per heavy atom. The predicted octanol–water partition coefficient (Wildman–Crippen LogP) is 7.11. The fourth-order valence-electron chi connectivity index (χ4n) is 13.8. The highest BCUT2D eigenvalue weighted by molar-refractivity contribution is 5.76. The molecule has 8 aliphatic rings. The maximum atomic E-state index is 12.9. The van der Waals surface area contributed by atoms with Crippen LogP contribution in [0, 0.1) is 57.2 Å². The van der Waals surface area contributed by atoms with Crippen molar-refractivity contribution in [1.82, 2.24) is 4.90 Å². The summed E-state index contributed by atoms with van der Waals surface area (Å²) in [6, 6.07) is 0. The molecule has 8 nitrogen and oxygen atoms in total. The fourth-order valence-corrected chi connectivity index (χ4v) is 13.8. The van der Waals surface area contributed by atoms with E-state index in [1.165, 1.54) is 44.9 Å². The Bertz CT molecular complexity index is 1260. The first kappa shape index (κ1) is 32.8. The van der Waals surface area contributed by atoms with E-state index in [1.54, 1.807) is 0 Å². The van der Waals surface area contributed by atoms with Gasteiger partial charge in [0.1, 0.15) is 11.7 Å². The molecule has 12 atom stereocenters. The number of carbonyl (C=O) groups is 2. The number of hydrogen-bond donors (Lipinski definition) is 1. The van der Waals surface area contributed by atoms with E-state index < -0.39 is 11.8 Å². The van der Waals surface area contributed by atoms with Crippen LogP contribution in [0.15, 0.2) is 0 Å². The number of hydrogen-bond acceptors (Lipinski definition) is 7. The van der Waals surface area contributed by atoms with E-state index in [1.807, 2.05) is 18.7 Å². The zero-order valence-electron chi connectivity index (χ0n) is 29.9. The van der Waals surface area contributed by atoms with Gasteiger partial charge in [0, 0.05) is 13.0 Å². The molecule has 6 aliphatic carbocycles. The molecule has 1 amide bonds. The zero-order chi connectivity index (χ0) is 33.1. The lowest BCUT2D eigenvalue weighted by atomic mass is 9.46. The molecule has 2 heterocycles. The number of carbonyl (C=O) groups excluding carboxylic acids is 2. The van der Waals surface area contributed by atoms with Crippen LogP contribution in [-0.4, -0.2) is 72.0 Å². The summed E-state index contributed by atoms with van der Waals surface area (Å²) in [6.45, 7) is 15.7. The van der Waals surface area contributed by atoms with Crippen molar-refractivity contribution in [3.8, 4) is 0 Å². The lowest BCUT2D eigenvalue weighted by Gasteiger charge is -2.59. The van der Waals surface area contributed by atoms with Crippen molar-refractivity contribution in [3.05, 3.63) is 0 Å². The average Bonchev–Trinajstić information content (AvgIpc) is 3.87. The number of nitrogens with zero attached hydrogens (tertiary/aromatic N) is 1. The zero-order valence-corrected chi connectivity index (χ0v) is 29.9. The standard InChI is InChI=1S/C39H61NO7/c1-23-38-17-16-37(6)26(8-7-9-31-36(4,5)47-34(43)46-31)28(41)21-27(37)25(38)12-13-29-35(2,3)30(14-15-39(23,29)38)45-33-22-40(18-19-44-33)32(42)20-24-10-11-24/h23-31,33,41H,7-22H2,1-6H3/t23-,25-,26-,27?,28+,29?,30-,31-,33?,37+,38-,39?/m0/s1. The maximum Gasteiger partial charge on any atom is 0.509 e. The normalized spacial score (nSPS) is 49.2. The SMILES string of the molecule is C[C@@H]1C23CC[C@H](OC4CN(C(=O)CC5CC5)CCO4)C(C)(C)C2CC[C@H]2C4C[C@@H](O)[C@H](CCC[C@@H]5OC(=O)OC5(C)C)[C@@]4(C)CC[C@]123. The largest absolute Gasteiger partial charge is 0.509 e. The molecule has 0 aromatic carbocycles. The third kappa shape index (κ3) is 4.82. The minimum absolute atomic E-state index is 0.0459. The molecule has 0 radical (unpaired) electrons. The molecule has 0 bridgehead atoms. The van der Waals surface area contributed by atoms with Crippen LogP contribution in [0.2, 0.25) is 0 Å². The topological polar surface area (TPSA) is 94.5 Å². The highest BCUT2D eigenvalue weighted by atomic mass is 16.8. The van der Waals surface area contributed by atoms with Gasteiger partial charge in [-0.1, -0.05) is 27.7 Å². The molecule has 0 aromatic heterocycles. The van der Waals surface area contributed by atoms with Gasteiger partial charge in [0.25, 0.3) is 0 Å². The summed E-state index contributed by atoms with van der Waals surface area (Å²) < 4.78 is 23.9. The number of ether oxygens (including phenoxy) is 4. The van der Waals surface area contributed by atoms with Crippen molar-refractivity contribution in [2.45, 2.75) is 155 Å². The van der Waals surface area contributed by atoms with E-state index in [-0.39, 0.29) is 41.3 Å². The van der Waals surface area contributed by atoms with Gasteiger partial charge in [-0.25, -0.2) is 4.79 Å². The molecule has 2 aliphatic heterocycles. The molecule has 8 fully saturated rings. The van der Waals surface area contributed by atoms with Gasteiger partial charge < -0.3 is 29.0 Å². The van der Waals surface area contributed by atoms with Gasteiger partial charge in [-0.2, -0.15) is 0 Å². The minimum Gasteiger partial charge on any atom is -0.427 e. The number of cyclic esters (lactones) is 2. The Labute approximate surface area is 282 Å². The van der Waals surface area contributed by atoms with Crippen LogP contribution in [0.4, 0.5) is 4.79 Å². The summed E-state index contributed by atoms with van der Waals surface area (Å²) in [6.07, 6.45) is 12.9. The lowest BCUT2D eigenvalue weighted by molar-refractivity contribution is -0.244. The van der Waals surface area contributed by atoms with Gasteiger partial charge in [0.05, 0.1) is 25.4 Å². The number of rotatable bonds is 8. The van der Waals surface area contributed by atoms with Gasteiger partial charge >= 0.3 is 6.16 Å². The number of aliphatic hydroxyl groups excluding tert-OH is 1. The summed E-state index contributed by atoms with van der Waals surface area (Å²) in [5, 5.41) is 11.6. The average molecular weight is 656 g/mol. The van der Waals surface area contributed by atoms with Crippen LogP contribution in [-0.2, 0) is 23.7 Å². The van der Waals surface area contributed by atoms with Gasteiger partial charge in [-0.15, -0.1) is 0 Å². The van der Waals surface area contributed by atoms with Gasteiger partial charge in [0.15, 0.2) is 6.29 Å². The minimum atomic E-state index is -0.583. The summed E-state index contributed by atoms with van der Waals surface area (Å²) in [4.78, 5) is 26.6. The number of amides is 1. The van der Waals surface area contributed by atoms with Crippen LogP contribution in [0.1, 0.15) is 125 Å². The molecule has 1 N–H and O–H groups in total. The lowest BCUT2D eigenvalue weighted by Crippen LogP contribution is -2.56. The van der Waals surface area contributed by atoms with Gasteiger partial charge in [0.2, 0.25) is 5.91 Å². The van der Waals surface area contributed by atoms with Crippen molar-refractivity contribution in [2.75, 3.05) is 19.7 Å². The Morgan fingerprint density at radius 2 is 1.77 bits per heavy atom. The monoisotopic (exact) mass is 655 g/mol. The van der Waals surface area contributed by atoms with E-state index in [9.17, 15) is 14.7 Å². The number of morpholine rings is 1. The Hall–Kier alpha value is -1.38. The van der Waals surface area contributed by atoms with Crippen molar-refractivity contribution in [3.63, 3.8) is 0 Å². The van der Waals surface area contributed by atoms with Crippen LogP contribution in [0.3, 0.4) is 0 Å².